The molecule has 0 bridgehead atoms. The number of aromatic amines is 1. The van der Waals surface area contributed by atoms with Gasteiger partial charge in [0.2, 0.25) is 0 Å². The van der Waals surface area contributed by atoms with E-state index in [0.29, 0.717) is 16.0 Å². The number of imidazole rings is 1. The zero-order valence-electron chi connectivity index (χ0n) is 11.0. The molecule has 100 valence electrons. The van der Waals surface area contributed by atoms with Crippen molar-refractivity contribution in [2.75, 3.05) is 0 Å². The molecule has 2 nitrogen and oxygen atoms in total. The van der Waals surface area contributed by atoms with Crippen LogP contribution in [0.2, 0.25) is 10.0 Å². The van der Waals surface area contributed by atoms with Crippen molar-refractivity contribution in [2.45, 2.75) is 20.3 Å². The molecule has 0 saturated heterocycles. The van der Waals surface area contributed by atoms with E-state index in [-0.39, 0.29) is 0 Å². The van der Waals surface area contributed by atoms with Gasteiger partial charge in [-0.1, -0.05) is 43.1 Å². The molecule has 1 aromatic carbocycles. The summed E-state index contributed by atoms with van der Waals surface area (Å²) in [5.74, 6) is 1.23. The van der Waals surface area contributed by atoms with Gasteiger partial charge in [-0.15, -0.1) is 0 Å². The third kappa shape index (κ3) is 3.40. The van der Waals surface area contributed by atoms with Crippen LogP contribution < -0.4 is 0 Å². The third-order valence-electron chi connectivity index (χ3n) is 3.20. The van der Waals surface area contributed by atoms with Crippen molar-refractivity contribution in [3.05, 3.63) is 52.0 Å². The summed E-state index contributed by atoms with van der Waals surface area (Å²) in [7, 11) is 0. The highest BCUT2D eigenvalue weighted by Gasteiger charge is 2.13. The second-order valence-electron chi connectivity index (χ2n) is 4.51. The maximum Gasteiger partial charge on any atom is 0.130 e. The van der Waals surface area contributed by atoms with E-state index in [1.807, 2.05) is 24.4 Å². The fourth-order valence-electron chi connectivity index (χ4n) is 1.93. The minimum absolute atomic E-state index is 0.392. The Kier molecular flexibility index (Phi) is 4.67. The molecule has 0 aliphatic rings. The van der Waals surface area contributed by atoms with E-state index in [4.69, 9.17) is 23.2 Å². The van der Waals surface area contributed by atoms with Crippen molar-refractivity contribution in [1.29, 1.82) is 0 Å². The van der Waals surface area contributed by atoms with E-state index in [0.717, 1.165) is 17.8 Å². The minimum Gasteiger partial charge on any atom is -0.345 e. The molecule has 19 heavy (non-hydrogen) atoms. The maximum absolute atomic E-state index is 6.31. The number of hydrogen-bond acceptors (Lipinski definition) is 1. The molecule has 1 aromatic heterocycles. The van der Waals surface area contributed by atoms with Crippen molar-refractivity contribution < 1.29 is 0 Å². The lowest BCUT2D eigenvalue weighted by Gasteiger charge is -2.16. The molecule has 0 aliphatic heterocycles. The van der Waals surface area contributed by atoms with E-state index < -0.39 is 0 Å². The SMILES string of the molecule is CCC(C)/C(=C/c1ncc[nH]1)c1ccc(Cl)cc1Cl. The first kappa shape index (κ1) is 14.2. The van der Waals surface area contributed by atoms with Crippen LogP contribution in [0.15, 0.2) is 30.6 Å². The molecule has 2 rings (SSSR count). The summed E-state index contributed by atoms with van der Waals surface area (Å²) >= 11 is 12.3. The molecule has 1 heterocycles. The number of benzene rings is 1. The molecular weight excluding hydrogens is 279 g/mol. The lowest BCUT2D eigenvalue weighted by atomic mass is 9.91. The van der Waals surface area contributed by atoms with Gasteiger partial charge in [-0.25, -0.2) is 4.98 Å². The fourth-order valence-corrected chi connectivity index (χ4v) is 2.45. The van der Waals surface area contributed by atoms with E-state index in [1.54, 1.807) is 12.3 Å². The Morgan fingerprint density at radius 3 is 2.79 bits per heavy atom. The van der Waals surface area contributed by atoms with Crippen LogP contribution in [0.1, 0.15) is 31.7 Å². The third-order valence-corrected chi connectivity index (χ3v) is 3.74. The summed E-state index contributed by atoms with van der Waals surface area (Å²) in [4.78, 5) is 7.33. The molecule has 0 fully saturated rings. The first-order chi connectivity index (χ1) is 9.11. The molecule has 0 aliphatic carbocycles. The van der Waals surface area contributed by atoms with Gasteiger partial charge in [0.05, 0.1) is 0 Å². The Hall–Kier alpha value is -1.25. The number of hydrogen-bond donors (Lipinski definition) is 1. The highest BCUT2D eigenvalue weighted by molar-refractivity contribution is 6.35. The van der Waals surface area contributed by atoms with E-state index in [9.17, 15) is 0 Å². The summed E-state index contributed by atoms with van der Waals surface area (Å²) < 4.78 is 0. The number of aromatic nitrogens is 2. The lowest BCUT2D eigenvalue weighted by molar-refractivity contribution is 0.720. The summed E-state index contributed by atoms with van der Waals surface area (Å²) in [6, 6.07) is 5.60. The van der Waals surface area contributed by atoms with Crippen LogP contribution in [0, 0.1) is 5.92 Å². The lowest BCUT2D eigenvalue weighted by Crippen LogP contribution is -1.98. The van der Waals surface area contributed by atoms with Gasteiger partial charge in [0, 0.05) is 22.4 Å². The van der Waals surface area contributed by atoms with Crippen molar-refractivity contribution >= 4 is 34.9 Å². The first-order valence-electron chi connectivity index (χ1n) is 6.28. The number of H-pyrrole nitrogens is 1. The maximum atomic E-state index is 6.31. The van der Waals surface area contributed by atoms with Crippen molar-refractivity contribution in [3.8, 4) is 0 Å². The predicted octanol–water partition coefficient (Wildman–Crippen LogP) is 5.30. The van der Waals surface area contributed by atoms with E-state index in [2.05, 4.69) is 23.8 Å². The highest BCUT2D eigenvalue weighted by Crippen LogP contribution is 2.33. The Morgan fingerprint density at radius 2 is 2.21 bits per heavy atom. The predicted molar refractivity (Wildman–Crippen MR) is 82.4 cm³/mol. The molecule has 0 radical (unpaired) electrons. The van der Waals surface area contributed by atoms with Gasteiger partial charge in [0.1, 0.15) is 5.82 Å². The highest BCUT2D eigenvalue weighted by atomic mass is 35.5. The van der Waals surface area contributed by atoms with Crippen LogP contribution >= 0.6 is 23.2 Å². The molecular formula is C15H16Cl2N2. The zero-order chi connectivity index (χ0) is 13.8. The number of nitrogens with one attached hydrogen (secondary N) is 1. The van der Waals surface area contributed by atoms with Gasteiger partial charge in [-0.2, -0.15) is 0 Å². The molecule has 0 spiro atoms. The standard InChI is InChI=1S/C15H16Cl2N2/c1-3-10(2)13(9-15-18-6-7-19-15)12-5-4-11(16)8-14(12)17/h4-10H,3H2,1-2H3,(H,18,19)/b13-9-. The Labute approximate surface area is 123 Å². The smallest absolute Gasteiger partial charge is 0.130 e. The van der Waals surface area contributed by atoms with Crippen LogP contribution in [0.5, 0.6) is 0 Å². The second-order valence-corrected chi connectivity index (χ2v) is 5.35. The van der Waals surface area contributed by atoms with Gasteiger partial charge >= 0.3 is 0 Å². The average Bonchev–Trinajstić information content (AvgIpc) is 2.89. The monoisotopic (exact) mass is 294 g/mol. The van der Waals surface area contributed by atoms with Gasteiger partial charge in [-0.3, -0.25) is 0 Å². The normalized spacial score (nSPS) is 13.6. The van der Waals surface area contributed by atoms with Crippen molar-refractivity contribution in [3.63, 3.8) is 0 Å². The van der Waals surface area contributed by atoms with Crippen molar-refractivity contribution in [1.82, 2.24) is 9.97 Å². The van der Waals surface area contributed by atoms with Crippen LogP contribution in [-0.4, -0.2) is 9.97 Å². The van der Waals surface area contributed by atoms with Crippen LogP contribution in [-0.2, 0) is 0 Å². The average molecular weight is 295 g/mol. The summed E-state index contributed by atoms with van der Waals surface area (Å²) in [6.07, 6.45) is 6.63. The zero-order valence-corrected chi connectivity index (χ0v) is 12.5. The van der Waals surface area contributed by atoms with Gasteiger partial charge < -0.3 is 4.98 Å². The number of rotatable bonds is 4. The molecule has 2 aromatic rings. The molecule has 1 N–H and O–H groups in total. The Bertz CT molecular complexity index is 574. The van der Waals surface area contributed by atoms with Gasteiger partial charge in [0.15, 0.2) is 0 Å². The minimum atomic E-state index is 0.392. The van der Waals surface area contributed by atoms with Crippen LogP contribution in [0.25, 0.3) is 11.6 Å². The summed E-state index contributed by atoms with van der Waals surface area (Å²) in [6.45, 7) is 4.34. The van der Waals surface area contributed by atoms with Crippen LogP contribution in [0.4, 0.5) is 0 Å². The quantitative estimate of drug-likeness (QED) is 0.814. The topological polar surface area (TPSA) is 28.7 Å². The molecule has 0 saturated carbocycles. The molecule has 1 atom stereocenters. The number of nitrogens with zero attached hydrogens (tertiary/aromatic N) is 1. The van der Waals surface area contributed by atoms with Gasteiger partial charge in [-0.05, 0) is 41.7 Å². The van der Waals surface area contributed by atoms with Crippen molar-refractivity contribution in [2.24, 2.45) is 5.92 Å². The Morgan fingerprint density at radius 1 is 1.42 bits per heavy atom. The number of allylic oxidation sites excluding steroid dienone is 1. The Balaban J connectivity index is 2.49. The largest absolute Gasteiger partial charge is 0.345 e. The molecule has 1 unspecified atom stereocenters. The van der Waals surface area contributed by atoms with E-state index in [1.165, 1.54) is 5.57 Å². The molecule has 4 heteroatoms. The summed E-state index contributed by atoms with van der Waals surface area (Å²) in [5.41, 5.74) is 2.18. The number of halogens is 2. The van der Waals surface area contributed by atoms with E-state index >= 15 is 0 Å². The van der Waals surface area contributed by atoms with Crippen LogP contribution in [0.3, 0.4) is 0 Å². The summed E-state index contributed by atoms with van der Waals surface area (Å²) in [5, 5.41) is 1.32. The molecule has 0 amide bonds. The fraction of sp³-hybridized carbons (Fsp3) is 0.267. The second kappa shape index (κ2) is 6.27. The van der Waals surface area contributed by atoms with Gasteiger partial charge in [0.25, 0.3) is 0 Å². The first-order valence-corrected chi connectivity index (χ1v) is 7.03.